The zero-order valence-electron chi connectivity index (χ0n) is 15.9. The molecule has 0 saturated carbocycles. The van der Waals surface area contributed by atoms with Gasteiger partial charge in [0.25, 0.3) is 0 Å². The fraction of sp³-hybridized carbons (Fsp3) is 0.130. The van der Waals surface area contributed by atoms with Gasteiger partial charge in [0.05, 0.1) is 35.9 Å². The van der Waals surface area contributed by atoms with Crippen LogP contribution in [0.25, 0.3) is 21.8 Å². The third kappa shape index (κ3) is 3.46. The van der Waals surface area contributed by atoms with E-state index in [1.54, 1.807) is 36.5 Å². The van der Waals surface area contributed by atoms with Gasteiger partial charge in [0.2, 0.25) is 0 Å². The zero-order valence-corrected chi connectivity index (χ0v) is 15.9. The van der Waals surface area contributed by atoms with Gasteiger partial charge in [-0.2, -0.15) is 0 Å². The topological polar surface area (TPSA) is 98.2 Å². The molecule has 7 nitrogen and oxygen atoms in total. The lowest BCUT2D eigenvalue weighted by molar-refractivity contribution is -0.0216. The molecule has 30 heavy (non-hydrogen) atoms. The third-order valence-corrected chi connectivity index (χ3v) is 5.05. The summed E-state index contributed by atoms with van der Waals surface area (Å²) in [6.45, 7) is 1.26. The summed E-state index contributed by atoms with van der Waals surface area (Å²) in [5.41, 5.74) is 1.56. The van der Waals surface area contributed by atoms with Gasteiger partial charge in [-0.1, -0.05) is 24.3 Å². The summed E-state index contributed by atoms with van der Waals surface area (Å²) >= 11 is 0. The molecule has 2 aromatic heterocycles. The maximum absolute atomic E-state index is 12.0. The minimum Gasteiger partial charge on any atom is -0.377 e. The van der Waals surface area contributed by atoms with Gasteiger partial charge in [0.15, 0.2) is 23.4 Å². The van der Waals surface area contributed by atoms with Crippen LogP contribution in [0.5, 0.6) is 0 Å². The molecular formula is C23H18N2O5. The minimum atomic E-state index is -0.218. The zero-order chi connectivity index (χ0) is 21.1. The van der Waals surface area contributed by atoms with Crippen molar-refractivity contribution in [3.63, 3.8) is 0 Å². The number of hydrogen-bond acceptors (Lipinski definition) is 5. The van der Waals surface area contributed by atoms with Gasteiger partial charge >= 0.3 is 0 Å². The van der Waals surface area contributed by atoms with Crippen LogP contribution in [-0.4, -0.2) is 35.3 Å². The Morgan fingerprint density at radius 3 is 2.17 bits per heavy atom. The number of fused-ring (bicyclic) bond motifs is 2. The summed E-state index contributed by atoms with van der Waals surface area (Å²) in [6, 6.07) is 14.7. The van der Waals surface area contributed by atoms with Gasteiger partial charge in [-0.3, -0.25) is 19.2 Å². The molecule has 3 heterocycles. The first-order valence-electron chi connectivity index (χ1n) is 9.36. The van der Waals surface area contributed by atoms with Crippen molar-refractivity contribution in [3.05, 3.63) is 92.5 Å². The van der Waals surface area contributed by atoms with Gasteiger partial charge in [-0.05, 0) is 24.3 Å². The lowest BCUT2D eigenvalue weighted by Gasteiger charge is -2.30. The van der Waals surface area contributed by atoms with Crippen molar-refractivity contribution >= 4 is 34.4 Å². The number of aromatic nitrogens is 2. The van der Waals surface area contributed by atoms with E-state index in [-0.39, 0.29) is 28.0 Å². The molecular weight excluding hydrogens is 384 g/mol. The predicted molar refractivity (Wildman–Crippen MR) is 113 cm³/mol. The van der Waals surface area contributed by atoms with Crippen LogP contribution >= 0.6 is 0 Å². The van der Waals surface area contributed by atoms with Crippen molar-refractivity contribution in [1.82, 2.24) is 9.55 Å². The normalized spacial score (nSPS) is 13.3. The van der Waals surface area contributed by atoms with Gasteiger partial charge in [-0.25, -0.2) is 0 Å². The Morgan fingerprint density at radius 2 is 1.50 bits per heavy atom. The number of para-hydroxylation sites is 2. The van der Waals surface area contributed by atoms with Gasteiger partial charge in [0.1, 0.15) is 0 Å². The summed E-state index contributed by atoms with van der Waals surface area (Å²) in [5, 5.41) is 1.14. The number of nitrogens with zero attached hydrogens (tertiary/aromatic N) is 1. The molecule has 4 aromatic rings. The highest BCUT2D eigenvalue weighted by Crippen LogP contribution is 2.22. The number of carbonyl (C=O) groups excluding carboxylic acids is 2. The lowest BCUT2D eigenvalue weighted by atomic mass is 10.1. The first kappa shape index (κ1) is 19.5. The predicted octanol–water partition coefficient (Wildman–Crippen LogP) is 2.73. The highest BCUT2D eigenvalue weighted by atomic mass is 16.5. The molecule has 1 fully saturated rings. The van der Waals surface area contributed by atoms with Crippen molar-refractivity contribution in [2.75, 3.05) is 13.2 Å². The van der Waals surface area contributed by atoms with E-state index >= 15 is 0 Å². The number of aldehydes is 2. The molecule has 0 atom stereocenters. The van der Waals surface area contributed by atoms with Crippen molar-refractivity contribution in [2.45, 2.75) is 6.04 Å². The second-order valence-electron chi connectivity index (χ2n) is 6.88. The fourth-order valence-corrected chi connectivity index (χ4v) is 3.37. The SMILES string of the molecule is O=Cc1c[nH]c2ccccc2c1=O.O=Cc1cn(C2COC2)c2ccccc2c1=O. The van der Waals surface area contributed by atoms with E-state index in [9.17, 15) is 19.2 Å². The minimum absolute atomic E-state index is 0.165. The molecule has 1 aliphatic rings. The number of aromatic amines is 1. The molecule has 0 amide bonds. The van der Waals surface area contributed by atoms with E-state index in [0.717, 1.165) is 11.0 Å². The number of pyridine rings is 2. The molecule has 0 radical (unpaired) electrons. The summed E-state index contributed by atoms with van der Waals surface area (Å²) in [5.74, 6) is 0. The van der Waals surface area contributed by atoms with Crippen LogP contribution in [0, 0.1) is 0 Å². The number of hydrogen-bond donors (Lipinski definition) is 1. The quantitative estimate of drug-likeness (QED) is 0.532. The van der Waals surface area contributed by atoms with Gasteiger partial charge in [-0.15, -0.1) is 0 Å². The van der Waals surface area contributed by atoms with Crippen molar-refractivity contribution in [1.29, 1.82) is 0 Å². The molecule has 0 aliphatic carbocycles. The second kappa shape index (κ2) is 8.26. The number of ether oxygens (including phenoxy) is 1. The summed E-state index contributed by atoms with van der Waals surface area (Å²) in [7, 11) is 0. The number of nitrogens with one attached hydrogen (secondary N) is 1. The summed E-state index contributed by atoms with van der Waals surface area (Å²) < 4.78 is 7.12. The smallest absolute Gasteiger partial charge is 0.199 e. The summed E-state index contributed by atoms with van der Waals surface area (Å²) in [6.07, 6.45) is 4.23. The van der Waals surface area contributed by atoms with E-state index in [2.05, 4.69) is 4.98 Å². The van der Waals surface area contributed by atoms with Crippen molar-refractivity contribution in [2.24, 2.45) is 0 Å². The standard InChI is InChI=1S/C13H11NO3.C10H7NO2/c15-6-9-5-14(10-7-17-8-10)12-4-2-1-3-11(12)13(9)16;12-6-7-5-11-9-4-2-1-3-8(9)10(7)13/h1-6,10H,7-8H2;1-6H,(H,11,13). The van der Waals surface area contributed by atoms with E-state index in [0.29, 0.717) is 36.6 Å². The Bertz CT molecular complexity index is 1370. The number of carbonyl (C=O) groups is 2. The number of rotatable bonds is 3. The maximum atomic E-state index is 12.0. The van der Waals surface area contributed by atoms with Gasteiger partial charge in [0, 0.05) is 28.7 Å². The highest BCUT2D eigenvalue weighted by Gasteiger charge is 2.22. The van der Waals surface area contributed by atoms with Crippen LogP contribution < -0.4 is 10.9 Å². The molecule has 1 N–H and O–H groups in total. The third-order valence-electron chi connectivity index (χ3n) is 5.05. The van der Waals surface area contributed by atoms with E-state index in [1.165, 1.54) is 6.20 Å². The van der Waals surface area contributed by atoms with Gasteiger partial charge < -0.3 is 14.3 Å². The second-order valence-corrected chi connectivity index (χ2v) is 6.88. The largest absolute Gasteiger partial charge is 0.377 e. The number of H-pyrrole nitrogens is 1. The Hall–Kier alpha value is -3.84. The highest BCUT2D eigenvalue weighted by molar-refractivity contribution is 5.86. The van der Waals surface area contributed by atoms with Crippen molar-refractivity contribution < 1.29 is 14.3 Å². The molecule has 0 unspecified atom stereocenters. The molecule has 5 rings (SSSR count). The van der Waals surface area contributed by atoms with Crippen molar-refractivity contribution in [3.8, 4) is 0 Å². The first-order chi connectivity index (χ1) is 14.6. The van der Waals surface area contributed by atoms with Crippen LogP contribution in [0.1, 0.15) is 26.8 Å². The molecule has 0 spiro atoms. The fourth-order valence-electron chi connectivity index (χ4n) is 3.37. The molecule has 150 valence electrons. The van der Waals surface area contributed by atoms with Crippen LogP contribution in [0.15, 0.2) is 70.5 Å². The Kier molecular flexibility index (Phi) is 5.36. The monoisotopic (exact) mass is 402 g/mol. The molecule has 7 heteroatoms. The molecule has 2 aromatic carbocycles. The summed E-state index contributed by atoms with van der Waals surface area (Å²) in [4.78, 5) is 47.7. The number of benzene rings is 2. The Balaban J connectivity index is 0.000000151. The maximum Gasteiger partial charge on any atom is 0.199 e. The molecule has 1 aliphatic heterocycles. The van der Waals surface area contributed by atoms with Crippen LogP contribution in [0.2, 0.25) is 0 Å². The van der Waals surface area contributed by atoms with E-state index < -0.39 is 0 Å². The van der Waals surface area contributed by atoms with E-state index in [1.807, 2.05) is 22.8 Å². The van der Waals surface area contributed by atoms with E-state index in [4.69, 9.17) is 4.74 Å². The Labute approximate surface area is 170 Å². The molecule has 1 saturated heterocycles. The van der Waals surface area contributed by atoms with Crippen LogP contribution in [0.4, 0.5) is 0 Å². The first-order valence-corrected chi connectivity index (χ1v) is 9.36. The van der Waals surface area contributed by atoms with Crippen LogP contribution in [0.3, 0.4) is 0 Å². The lowest BCUT2D eigenvalue weighted by Crippen LogP contribution is -2.32. The van der Waals surface area contributed by atoms with Crippen LogP contribution in [-0.2, 0) is 4.74 Å². The Morgan fingerprint density at radius 1 is 0.867 bits per heavy atom. The molecule has 0 bridgehead atoms. The average molecular weight is 402 g/mol. The average Bonchev–Trinajstić information content (AvgIpc) is 2.75.